The third kappa shape index (κ3) is 3.59. The van der Waals surface area contributed by atoms with E-state index in [-0.39, 0.29) is 23.5 Å². The van der Waals surface area contributed by atoms with Crippen LogP contribution in [0.5, 0.6) is 11.5 Å². The summed E-state index contributed by atoms with van der Waals surface area (Å²) in [5.41, 5.74) is 0.535. The van der Waals surface area contributed by atoms with Gasteiger partial charge in [0.05, 0.1) is 0 Å². The van der Waals surface area contributed by atoms with Crippen LogP contribution in [-0.4, -0.2) is 47.6 Å². The summed E-state index contributed by atoms with van der Waals surface area (Å²) in [7, 11) is 2.80. The van der Waals surface area contributed by atoms with Crippen LogP contribution < -0.4 is 13.9 Å². The molecule has 3 radical (unpaired) electrons. The fraction of sp³-hybridized carbons (Fsp3) is 0.176. The van der Waals surface area contributed by atoms with Crippen molar-refractivity contribution in [3.05, 3.63) is 52.8 Å². The number of hydrogen-bond donors (Lipinski definition) is 1. The van der Waals surface area contributed by atoms with Gasteiger partial charge in [-0.25, -0.2) is 0 Å². The summed E-state index contributed by atoms with van der Waals surface area (Å²) >= 11 is 1.68. The first kappa shape index (κ1) is 18.0. The topological polar surface area (TPSA) is 72.8 Å². The first-order chi connectivity index (χ1) is 11.4. The van der Waals surface area contributed by atoms with Crippen LogP contribution in [0, 0.1) is 5.82 Å². The molecule has 0 aliphatic heterocycles. The number of hydrogen-bond acceptors (Lipinski definition) is 4. The third-order valence-corrected chi connectivity index (χ3v) is 4.67. The first-order valence-electron chi connectivity index (χ1n) is 6.90. The number of rotatable bonds is 6. The van der Waals surface area contributed by atoms with Crippen molar-refractivity contribution in [3.63, 3.8) is 0 Å². The zero-order valence-electron chi connectivity index (χ0n) is 13.1. The van der Waals surface area contributed by atoms with Crippen LogP contribution in [0.3, 0.4) is 0 Å². The van der Waals surface area contributed by atoms with Crippen molar-refractivity contribution in [1.82, 2.24) is 0 Å². The maximum atomic E-state index is 13.0. The summed E-state index contributed by atoms with van der Waals surface area (Å²) in [6.07, 6.45) is -0.160. The number of methoxy groups -OCH3 is 2. The molecule has 0 atom stereocenters. The molecule has 0 saturated heterocycles. The van der Waals surface area contributed by atoms with Crippen LogP contribution in [0.1, 0.15) is 26.3 Å². The van der Waals surface area contributed by atoms with Crippen LogP contribution in [0.15, 0.2) is 30.3 Å². The molecule has 0 fully saturated rings. The van der Waals surface area contributed by atoms with Crippen molar-refractivity contribution >= 4 is 32.7 Å². The minimum atomic E-state index is -1.19. The monoisotopic (exact) mass is 391 g/mol. The molecule has 0 aromatic heterocycles. The molecule has 2 aromatic carbocycles. The van der Waals surface area contributed by atoms with Gasteiger partial charge in [-0.3, -0.25) is 0 Å². The molecular formula is C17H14FGeO5. The van der Waals surface area contributed by atoms with E-state index >= 15 is 0 Å². The molecule has 1 N–H and O–H groups in total. The predicted molar refractivity (Wildman–Crippen MR) is 86.3 cm³/mol. The molecule has 0 aliphatic rings. The van der Waals surface area contributed by atoms with E-state index in [0.29, 0.717) is 21.3 Å². The molecule has 0 aliphatic carbocycles. The fourth-order valence-electron chi connectivity index (χ4n) is 2.32. The Bertz CT molecular complexity index is 787. The zero-order valence-corrected chi connectivity index (χ0v) is 15.2. The SMILES string of the molecule is COc1cc(OC)c(C(=O)O)c(CC(=O)c2ccc(F)cc2)[c]1[Ge]. The molecule has 0 bridgehead atoms. The minimum absolute atomic E-state index is 0.0775. The number of benzene rings is 2. The van der Waals surface area contributed by atoms with Crippen molar-refractivity contribution in [2.45, 2.75) is 6.42 Å². The van der Waals surface area contributed by atoms with Gasteiger partial charge in [0.25, 0.3) is 0 Å². The van der Waals surface area contributed by atoms with Crippen LogP contribution in [-0.2, 0) is 6.42 Å². The normalized spacial score (nSPS) is 10.3. The van der Waals surface area contributed by atoms with Gasteiger partial charge < -0.3 is 0 Å². The van der Waals surface area contributed by atoms with Crippen molar-refractivity contribution in [2.24, 2.45) is 0 Å². The molecule has 0 saturated carbocycles. The Morgan fingerprint density at radius 3 is 2.21 bits per heavy atom. The summed E-state index contributed by atoms with van der Waals surface area (Å²) in [5.74, 6) is -1.42. The Morgan fingerprint density at radius 1 is 1.12 bits per heavy atom. The second kappa shape index (κ2) is 7.48. The van der Waals surface area contributed by atoms with E-state index in [2.05, 4.69) is 0 Å². The average Bonchev–Trinajstić information content (AvgIpc) is 2.56. The van der Waals surface area contributed by atoms with Crippen molar-refractivity contribution in [3.8, 4) is 11.5 Å². The first-order valence-corrected chi connectivity index (χ1v) is 7.95. The zero-order chi connectivity index (χ0) is 17.9. The molecular weight excluding hydrogens is 376 g/mol. The second-order valence-corrected chi connectivity index (χ2v) is 5.97. The summed E-state index contributed by atoms with van der Waals surface area (Å²) in [4.78, 5) is 24.1. The van der Waals surface area contributed by atoms with E-state index in [1.165, 1.54) is 44.6 Å². The third-order valence-electron chi connectivity index (χ3n) is 3.52. The Morgan fingerprint density at radius 2 is 1.71 bits per heavy atom. The molecule has 0 spiro atoms. The molecule has 0 amide bonds. The van der Waals surface area contributed by atoms with Crippen molar-refractivity contribution in [2.75, 3.05) is 14.2 Å². The van der Waals surface area contributed by atoms with Crippen LogP contribution in [0.4, 0.5) is 4.39 Å². The molecule has 2 rings (SSSR count). The number of Topliss-reactive ketones (excluding diaryl/α,β-unsaturated/α-hetero) is 1. The average molecular weight is 390 g/mol. The standard InChI is InChI=1S/C17H14FGeO5/c1-23-13-8-14(24-2)16(19)11(15(13)17(21)22)7-12(20)9-3-5-10(18)6-4-9/h3-6,8H,7H2,1-2H3,(H,21,22). The Kier molecular flexibility index (Phi) is 5.61. The fourth-order valence-corrected chi connectivity index (χ4v) is 3.13. The van der Waals surface area contributed by atoms with Crippen molar-refractivity contribution < 1.29 is 28.6 Å². The molecule has 123 valence electrons. The van der Waals surface area contributed by atoms with Gasteiger partial charge in [-0.15, -0.1) is 0 Å². The number of ether oxygens (including phenoxy) is 2. The van der Waals surface area contributed by atoms with Gasteiger partial charge in [-0.2, -0.15) is 0 Å². The number of ketones is 1. The van der Waals surface area contributed by atoms with Crippen LogP contribution in [0.2, 0.25) is 0 Å². The predicted octanol–water partition coefficient (Wildman–Crippen LogP) is 1.76. The molecule has 5 nitrogen and oxygen atoms in total. The van der Waals surface area contributed by atoms with Gasteiger partial charge in [0.2, 0.25) is 0 Å². The number of carbonyl (C=O) groups excluding carboxylic acids is 1. The van der Waals surface area contributed by atoms with E-state index in [1.807, 2.05) is 0 Å². The second-order valence-electron chi connectivity index (χ2n) is 4.92. The summed E-state index contributed by atoms with van der Waals surface area (Å²) in [6, 6.07) is 6.58. The number of carboxylic acids is 1. The Labute approximate surface area is 146 Å². The van der Waals surface area contributed by atoms with Crippen molar-refractivity contribution in [1.29, 1.82) is 0 Å². The van der Waals surface area contributed by atoms with E-state index in [4.69, 9.17) is 9.47 Å². The van der Waals surface area contributed by atoms with E-state index in [9.17, 15) is 19.1 Å². The molecule has 2 aromatic rings. The van der Waals surface area contributed by atoms with Gasteiger partial charge in [0.1, 0.15) is 0 Å². The quantitative estimate of drug-likeness (QED) is 0.602. The number of aromatic carboxylic acids is 1. The summed E-state index contributed by atoms with van der Waals surface area (Å²) < 4.78 is 23.9. The van der Waals surface area contributed by atoms with E-state index in [1.54, 1.807) is 16.5 Å². The van der Waals surface area contributed by atoms with Gasteiger partial charge >= 0.3 is 146 Å². The van der Waals surface area contributed by atoms with Gasteiger partial charge in [-0.05, 0) is 0 Å². The molecule has 24 heavy (non-hydrogen) atoms. The van der Waals surface area contributed by atoms with Crippen LogP contribution >= 0.6 is 0 Å². The molecule has 7 heteroatoms. The summed E-state index contributed by atoms with van der Waals surface area (Å²) in [6.45, 7) is 0. The van der Waals surface area contributed by atoms with Gasteiger partial charge in [-0.1, -0.05) is 0 Å². The molecule has 0 heterocycles. The number of carbonyl (C=O) groups is 2. The van der Waals surface area contributed by atoms with E-state index < -0.39 is 11.8 Å². The molecule has 0 unspecified atom stereocenters. The number of carboxylic acid groups (broad SMARTS) is 1. The summed E-state index contributed by atoms with van der Waals surface area (Å²) in [5, 5.41) is 9.50. The van der Waals surface area contributed by atoms with Gasteiger partial charge in [0.15, 0.2) is 0 Å². The van der Waals surface area contributed by atoms with Crippen LogP contribution in [0.25, 0.3) is 0 Å². The Balaban J connectivity index is 2.53. The maximum absolute atomic E-state index is 13.0. The number of halogens is 1. The van der Waals surface area contributed by atoms with E-state index in [0.717, 1.165) is 0 Å². The van der Waals surface area contributed by atoms with Gasteiger partial charge in [0, 0.05) is 0 Å². The Hall–Kier alpha value is -2.35.